The molecule has 0 saturated heterocycles. The first-order valence-corrected chi connectivity index (χ1v) is 5.41. The molecule has 1 saturated carbocycles. The van der Waals surface area contributed by atoms with E-state index in [1.165, 1.54) is 4.90 Å². The van der Waals surface area contributed by atoms with Crippen molar-refractivity contribution in [2.45, 2.75) is 64.1 Å². The van der Waals surface area contributed by atoms with E-state index in [-0.39, 0.29) is 6.04 Å². The maximum atomic E-state index is 11.2. The zero-order valence-corrected chi connectivity index (χ0v) is 9.95. The Morgan fingerprint density at radius 1 is 1.47 bits per heavy atom. The summed E-state index contributed by atoms with van der Waals surface area (Å²) in [5.74, 6) is 0. The standard InChI is InChI=1S/C11H21NO3/c1-10(2,3)12(9(13)14)8-6-5-7-11(8,4)15/h8,15H,5-7H2,1-4H3,(H,13,14). The van der Waals surface area contributed by atoms with Crippen LogP contribution in [0.5, 0.6) is 0 Å². The normalized spacial score (nSPS) is 31.7. The minimum absolute atomic E-state index is 0.282. The largest absolute Gasteiger partial charge is 0.465 e. The average molecular weight is 215 g/mol. The average Bonchev–Trinajstić information content (AvgIpc) is 2.27. The first-order valence-electron chi connectivity index (χ1n) is 5.41. The molecule has 2 atom stereocenters. The van der Waals surface area contributed by atoms with E-state index in [1.54, 1.807) is 6.92 Å². The smallest absolute Gasteiger partial charge is 0.408 e. The molecule has 15 heavy (non-hydrogen) atoms. The van der Waals surface area contributed by atoms with E-state index in [1.807, 2.05) is 20.8 Å². The van der Waals surface area contributed by atoms with Crippen LogP contribution in [0.1, 0.15) is 47.0 Å². The lowest BCUT2D eigenvalue weighted by Gasteiger charge is -2.42. The van der Waals surface area contributed by atoms with E-state index >= 15 is 0 Å². The van der Waals surface area contributed by atoms with Crippen molar-refractivity contribution < 1.29 is 15.0 Å². The van der Waals surface area contributed by atoms with Gasteiger partial charge in [-0.05, 0) is 47.0 Å². The van der Waals surface area contributed by atoms with Crippen LogP contribution in [-0.2, 0) is 0 Å². The Kier molecular flexibility index (Phi) is 3.01. The van der Waals surface area contributed by atoms with Crippen LogP contribution < -0.4 is 0 Å². The molecule has 4 nitrogen and oxygen atoms in total. The molecular formula is C11H21NO3. The Morgan fingerprint density at radius 2 is 2.00 bits per heavy atom. The fraction of sp³-hybridized carbons (Fsp3) is 0.909. The van der Waals surface area contributed by atoms with Gasteiger partial charge in [0.2, 0.25) is 0 Å². The second-order valence-corrected chi connectivity index (χ2v) is 5.59. The summed E-state index contributed by atoms with van der Waals surface area (Å²) < 4.78 is 0. The summed E-state index contributed by atoms with van der Waals surface area (Å²) >= 11 is 0. The second kappa shape index (κ2) is 3.67. The van der Waals surface area contributed by atoms with Gasteiger partial charge in [0.05, 0.1) is 11.6 Å². The van der Waals surface area contributed by atoms with E-state index in [4.69, 9.17) is 0 Å². The molecule has 1 rings (SSSR count). The van der Waals surface area contributed by atoms with Gasteiger partial charge in [-0.25, -0.2) is 4.79 Å². The Morgan fingerprint density at radius 3 is 2.27 bits per heavy atom. The van der Waals surface area contributed by atoms with Crippen molar-refractivity contribution in [3.63, 3.8) is 0 Å². The van der Waals surface area contributed by atoms with Gasteiger partial charge >= 0.3 is 6.09 Å². The third-order valence-corrected chi connectivity index (χ3v) is 3.12. The first-order chi connectivity index (χ1) is 6.66. The molecule has 0 heterocycles. The van der Waals surface area contributed by atoms with Crippen LogP contribution in [0.3, 0.4) is 0 Å². The van der Waals surface area contributed by atoms with Gasteiger partial charge in [0.1, 0.15) is 0 Å². The zero-order valence-electron chi connectivity index (χ0n) is 9.95. The number of aliphatic hydroxyl groups is 1. The van der Waals surface area contributed by atoms with Crippen molar-refractivity contribution in [1.82, 2.24) is 4.90 Å². The van der Waals surface area contributed by atoms with Crippen LogP contribution in [-0.4, -0.2) is 38.4 Å². The molecule has 4 heteroatoms. The van der Waals surface area contributed by atoms with Crippen molar-refractivity contribution in [3.05, 3.63) is 0 Å². The lowest BCUT2D eigenvalue weighted by atomic mass is 9.94. The van der Waals surface area contributed by atoms with Crippen LogP contribution in [0.15, 0.2) is 0 Å². The molecule has 0 radical (unpaired) electrons. The summed E-state index contributed by atoms with van der Waals surface area (Å²) in [5, 5.41) is 19.3. The minimum atomic E-state index is -0.949. The summed E-state index contributed by atoms with van der Waals surface area (Å²) in [4.78, 5) is 12.6. The molecular weight excluding hydrogens is 194 g/mol. The maximum absolute atomic E-state index is 11.2. The van der Waals surface area contributed by atoms with Gasteiger partial charge < -0.3 is 10.2 Å². The number of carboxylic acid groups (broad SMARTS) is 1. The number of hydrogen-bond donors (Lipinski definition) is 2. The Hall–Kier alpha value is -0.770. The fourth-order valence-corrected chi connectivity index (χ4v) is 2.43. The highest BCUT2D eigenvalue weighted by Gasteiger charge is 2.46. The summed E-state index contributed by atoms with van der Waals surface area (Å²) in [6.45, 7) is 7.30. The lowest BCUT2D eigenvalue weighted by molar-refractivity contribution is -0.0351. The van der Waals surface area contributed by atoms with Crippen LogP contribution in [0, 0.1) is 0 Å². The molecule has 0 aliphatic heterocycles. The Bertz CT molecular complexity index is 255. The van der Waals surface area contributed by atoms with Crippen molar-refractivity contribution >= 4 is 6.09 Å². The molecule has 0 spiro atoms. The maximum Gasteiger partial charge on any atom is 0.408 e. The Labute approximate surface area is 90.9 Å². The van der Waals surface area contributed by atoms with Gasteiger partial charge in [-0.1, -0.05) is 0 Å². The summed E-state index contributed by atoms with van der Waals surface area (Å²) in [5.41, 5.74) is -1.35. The van der Waals surface area contributed by atoms with Gasteiger partial charge in [-0.15, -0.1) is 0 Å². The van der Waals surface area contributed by atoms with Gasteiger partial charge in [0.25, 0.3) is 0 Å². The highest BCUT2D eigenvalue weighted by Crippen LogP contribution is 2.36. The molecule has 1 aliphatic rings. The molecule has 0 aromatic carbocycles. The predicted octanol–water partition coefficient (Wildman–Crippen LogP) is 2.07. The van der Waals surface area contributed by atoms with E-state index < -0.39 is 17.2 Å². The highest BCUT2D eigenvalue weighted by atomic mass is 16.4. The third-order valence-electron chi connectivity index (χ3n) is 3.12. The lowest BCUT2D eigenvalue weighted by Crippen LogP contribution is -2.57. The van der Waals surface area contributed by atoms with E-state index in [2.05, 4.69) is 0 Å². The molecule has 2 N–H and O–H groups in total. The van der Waals surface area contributed by atoms with Gasteiger partial charge in [-0.2, -0.15) is 0 Å². The van der Waals surface area contributed by atoms with Crippen LogP contribution in [0.25, 0.3) is 0 Å². The fourth-order valence-electron chi connectivity index (χ4n) is 2.43. The van der Waals surface area contributed by atoms with Gasteiger partial charge in [0, 0.05) is 5.54 Å². The monoisotopic (exact) mass is 215 g/mol. The van der Waals surface area contributed by atoms with Crippen molar-refractivity contribution in [3.8, 4) is 0 Å². The molecule has 1 fully saturated rings. The molecule has 1 amide bonds. The second-order valence-electron chi connectivity index (χ2n) is 5.59. The van der Waals surface area contributed by atoms with Crippen molar-refractivity contribution in [2.24, 2.45) is 0 Å². The third kappa shape index (κ3) is 2.43. The molecule has 88 valence electrons. The number of nitrogens with zero attached hydrogens (tertiary/aromatic N) is 1. The molecule has 0 aromatic heterocycles. The van der Waals surface area contributed by atoms with E-state index in [9.17, 15) is 15.0 Å². The summed E-state index contributed by atoms with van der Waals surface area (Å²) in [7, 11) is 0. The zero-order chi connectivity index (χ0) is 11.9. The molecule has 1 aliphatic carbocycles. The number of rotatable bonds is 1. The summed E-state index contributed by atoms with van der Waals surface area (Å²) in [6, 6.07) is -0.282. The van der Waals surface area contributed by atoms with E-state index in [0.717, 1.165) is 12.8 Å². The topological polar surface area (TPSA) is 60.8 Å². The molecule has 0 bridgehead atoms. The quantitative estimate of drug-likeness (QED) is 0.704. The van der Waals surface area contributed by atoms with Crippen LogP contribution in [0.2, 0.25) is 0 Å². The predicted molar refractivity (Wildman–Crippen MR) is 57.9 cm³/mol. The molecule has 0 aromatic rings. The SMILES string of the molecule is CC1(O)CCCC1N(C(=O)O)C(C)(C)C. The van der Waals surface area contributed by atoms with Crippen molar-refractivity contribution in [2.75, 3.05) is 0 Å². The first kappa shape index (κ1) is 12.3. The van der Waals surface area contributed by atoms with Crippen LogP contribution in [0.4, 0.5) is 4.79 Å². The van der Waals surface area contributed by atoms with Gasteiger partial charge in [0.15, 0.2) is 0 Å². The minimum Gasteiger partial charge on any atom is -0.465 e. The number of carbonyl (C=O) groups is 1. The number of hydrogen-bond acceptors (Lipinski definition) is 2. The highest BCUT2D eigenvalue weighted by molar-refractivity contribution is 5.66. The van der Waals surface area contributed by atoms with Crippen LogP contribution >= 0.6 is 0 Å². The molecule has 2 unspecified atom stereocenters. The Balaban J connectivity index is 2.96. The summed E-state index contributed by atoms with van der Waals surface area (Å²) in [6.07, 6.45) is 1.36. The van der Waals surface area contributed by atoms with Gasteiger partial charge in [-0.3, -0.25) is 4.90 Å². The number of amides is 1. The van der Waals surface area contributed by atoms with E-state index in [0.29, 0.717) is 6.42 Å². The van der Waals surface area contributed by atoms with Crippen molar-refractivity contribution in [1.29, 1.82) is 0 Å².